The number of amides is 1. The molecule has 0 aliphatic heterocycles. The molecule has 2 atom stereocenters. The number of hydrogen-bond acceptors (Lipinski definition) is 2. The van der Waals surface area contributed by atoms with E-state index in [2.05, 4.69) is 25.2 Å². The van der Waals surface area contributed by atoms with Crippen molar-refractivity contribution in [2.45, 2.75) is 45.1 Å². The van der Waals surface area contributed by atoms with Crippen molar-refractivity contribution >= 4 is 5.91 Å². The molecule has 1 aromatic rings. The lowest BCUT2D eigenvalue weighted by molar-refractivity contribution is -0.124. The highest BCUT2D eigenvalue weighted by Crippen LogP contribution is 2.34. The molecule has 0 radical (unpaired) electrons. The van der Waals surface area contributed by atoms with E-state index in [1.807, 2.05) is 18.2 Å². The minimum absolute atomic E-state index is 0.0303. The zero-order chi connectivity index (χ0) is 14.0. The Morgan fingerprint density at radius 1 is 1.47 bits per heavy atom. The molecule has 1 amide bonds. The van der Waals surface area contributed by atoms with Crippen molar-refractivity contribution in [1.82, 2.24) is 5.32 Å². The Kier molecular flexibility index (Phi) is 3.95. The van der Waals surface area contributed by atoms with Crippen LogP contribution in [0.3, 0.4) is 0 Å². The summed E-state index contributed by atoms with van der Waals surface area (Å²) >= 11 is 0. The molecule has 104 valence electrons. The van der Waals surface area contributed by atoms with Crippen LogP contribution in [0.15, 0.2) is 24.3 Å². The molecular weight excluding hydrogens is 238 g/mol. The van der Waals surface area contributed by atoms with Crippen LogP contribution in [0.25, 0.3) is 0 Å². The summed E-state index contributed by atoms with van der Waals surface area (Å²) in [4.78, 5) is 12.1. The van der Waals surface area contributed by atoms with Crippen molar-refractivity contribution in [3.8, 4) is 0 Å². The van der Waals surface area contributed by atoms with Gasteiger partial charge in [0.2, 0.25) is 5.91 Å². The second-order valence-corrected chi connectivity index (χ2v) is 6.27. The van der Waals surface area contributed by atoms with Gasteiger partial charge in [-0.25, -0.2) is 0 Å². The van der Waals surface area contributed by atoms with Crippen LogP contribution in [0.2, 0.25) is 0 Å². The Morgan fingerprint density at radius 2 is 2.16 bits per heavy atom. The molecule has 2 rings (SSSR count). The predicted molar refractivity (Wildman–Crippen MR) is 76.0 cm³/mol. The van der Waals surface area contributed by atoms with E-state index >= 15 is 0 Å². The van der Waals surface area contributed by atoms with E-state index in [0.717, 1.165) is 12.0 Å². The van der Waals surface area contributed by atoms with Gasteiger partial charge < -0.3 is 10.4 Å². The first-order valence-corrected chi connectivity index (χ1v) is 6.97. The molecule has 1 aliphatic carbocycles. The van der Waals surface area contributed by atoms with Crippen LogP contribution in [0.1, 0.15) is 44.2 Å². The van der Waals surface area contributed by atoms with Crippen LogP contribution in [-0.4, -0.2) is 23.2 Å². The van der Waals surface area contributed by atoms with E-state index in [4.69, 9.17) is 0 Å². The first kappa shape index (κ1) is 14.1. The third-order valence-corrected chi connectivity index (χ3v) is 3.66. The molecule has 0 saturated carbocycles. The van der Waals surface area contributed by atoms with Crippen molar-refractivity contribution < 1.29 is 9.90 Å². The van der Waals surface area contributed by atoms with Gasteiger partial charge in [0.15, 0.2) is 0 Å². The van der Waals surface area contributed by atoms with Gasteiger partial charge in [0, 0.05) is 6.54 Å². The third-order valence-electron chi connectivity index (χ3n) is 3.66. The number of hydrogen-bond donors (Lipinski definition) is 2. The molecule has 0 spiro atoms. The summed E-state index contributed by atoms with van der Waals surface area (Å²) in [6.45, 7) is 6.24. The summed E-state index contributed by atoms with van der Waals surface area (Å²) in [6.07, 6.45) is 1.50. The van der Waals surface area contributed by atoms with Crippen LogP contribution in [0.4, 0.5) is 0 Å². The van der Waals surface area contributed by atoms with E-state index in [1.54, 1.807) is 6.92 Å². The minimum atomic E-state index is -0.826. The molecular formula is C16H23NO2. The molecule has 0 bridgehead atoms. The van der Waals surface area contributed by atoms with Gasteiger partial charge in [-0.05, 0) is 36.8 Å². The average Bonchev–Trinajstić information content (AvgIpc) is 2.27. The largest absolute Gasteiger partial charge is 0.388 e. The first-order valence-electron chi connectivity index (χ1n) is 6.97. The Balaban J connectivity index is 1.87. The summed E-state index contributed by atoms with van der Waals surface area (Å²) in [7, 11) is 0. The molecule has 1 aliphatic rings. The molecule has 3 heteroatoms. The number of nitrogens with one attached hydrogen (secondary N) is 1. The molecule has 3 nitrogen and oxygen atoms in total. The maximum atomic E-state index is 12.1. The molecule has 1 aromatic carbocycles. The highest BCUT2D eigenvalue weighted by atomic mass is 16.3. The van der Waals surface area contributed by atoms with Crippen LogP contribution in [0, 0.1) is 5.92 Å². The molecule has 0 fully saturated rings. The van der Waals surface area contributed by atoms with Gasteiger partial charge in [-0.2, -0.15) is 0 Å². The van der Waals surface area contributed by atoms with Gasteiger partial charge in [-0.3, -0.25) is 4.79 Å². The predicted octanol–water partition coefficient (Wildman–Crippen LogP) is 2.24. The van der Waals surface area contributed by atoms with Crippen LogP contribution in [-0.2, 0) is 11.2 Å². The van der Waals surface area contributed by atoms with Crippen LogP contribution < -0.4 is 5.32 Å². The maximum Gasteiger partial charge on any atom is 0.227 e. The Hall–Kier alpha value is -1.35. The fourth-order valence-electron chi connectivity index (χ4n) is 2.85. The Labute approximate surface area is 115 Å². The highest BCUT2D eigenvalue weighted by Gasteiger charge is 2.32. The second kappa shape index (κ2) is 5.33. The zero-order valence-corrected chi connectivity index (χ0v) is 11.9. The van der Waals surface area contributed by atoms with Crippen molar-refractivity contribution in [3.05, 3.63) is 35.4 Å². The van der Waals surface area contributed by atoms with Gasteiger partial charge in [-0.15, -0.1) is 0 Å². The fourth-order valence-corrected chi connectivity index (χ4v) is 2.85. The normalized spacial score (nSPS) is 20.4. The summed E-state index contributed by atoms with van der Waals surface area (Å²) in [5.74, 6) is 0.408. The number of carbonyl (C=O) groups excluding carboxylic acids is 1. The molecule has 2 unspecified atom stereocenters. The standard InChI is InChI=1S/C16H23NO2/c1-11(2)9-16(3,19)10-17-15(18)14-8-12-6-4-5-7-13(12)14/h4-7,11,14,19H,8-10H2,1-3H3,(H,17,18). The SMILES string of the molecule is CC(C)CC(C)(O)CNC(=O)C1Cc2ccccc21. The van der Waals surface area contributed by atoms with Gasteiger partial charge in [0.05, 0.1) is 11.5 Å². The van der Waals surface area contributed by atoms with Crippen LogP contribution >= 0.6 is 0 Å². The minimum Gasteiger partial charge on any atom is -0.388 e. The molecule has 2 N–H and O–H groups in total. The van der Waals surface area contributed by atoms with Gasteiger partial charge in [-0.1, -0.05) is 38.1 Å². The number of rotatable bonds is 5. The fraction of sp³-hybridized carbons (Fsp3) is 0.562. The van der Waals surface area contributed by atoms with E-state index < -0.39 is 5.60 Å². The molecule has 19 heavy (non-hydrogen) atoms. The maximum absolute atomic E-state index is 12.1. The Morgan fingerprint density at radius 3 is 2.79 bits per heavy atom. The average molecular weight is 261 g/mol. The van der Waals surface area contributed by atoms with Gasteiger partial charge in [0.1, 0.15) is 0 Å². The smallest absolute Gasteiger partial charge is 0.227 e. The summed E-state index contributed by atoms with van der Waals surface area (Å²) in [5, 5.41) is 13.1. The summed E-state index contributed by atoms with van der Waals surface area (Å²) < 4.78 is 0. The highest BCUT2D eigenvalue weighted by molar-refractivity contribution is 5.86. The van der Waals surface area contributed by atoms with Crippen molar-refractivity contribution in [2.75, 3.05) is 6.54 Å². The molecule has 0 saturated heterocycles. The van der Waals surface area contributed by atoms with Crippen LogP contribution in [0.5, 0.6) is 0 Å². The monoisotopic (exact) mass is 261 g/mol. The van der Waals surface area contributed by atoms with E-state index in [0.29, 0.717) is 18.9 Å². The summed E-state index contributed by atoms with van der Waals surface area (Å²) in [6, 6.07) is 8.04. The number of fused-ring (bicyclic) bond motifs is 1. The van der Waals surface area contributed by atoms with E-state index in [9.17, 15) is 9.90 Å². The van der Waals surface area contributed by atoms with Gasteiger partial charge in [0.25, 0.3) is 0 Å². The summed E-state index contributed by atoms with van der Waals surface area (Å²) in [5.41, 5.74) is 1.56. The van der Waals surface area contributed by atoms with Crippen molar-refractivity contribution in [2.24, 2.45) is 5.92 Å². The number of benzene rings is 1. The quantitative estimate of drug-likeness (QED) is 0.854. The lowest BCUT2D eigenvalue weighted by Gasteiger charge is -2.31. The molecule has 0 heterocycles. The van der Waals surface area contributed by atoms with E-state index in [-0.39, 0.29) is 11.8 Å². The third kappa shape index (κ3) is 3.35. The lowest BCUT2D eigenvalue weighted by atomic mass is 9.77. The second-order valence-electron chi connectivity index (χ2n) is 6.27. The van der Waals surface area contributed by atoms with Crippen molar-refractivity contribution in [1.29, 1.82) is 0 Å². The number of carbonyl (C=O) groups is 1. The van der Waals surface area contributed by atoms with E-state index in [1.165, 1.54) is 5.56 Å². The topological polar surface area (TPSA) is 49.3 Å². The Bertz CT molecular complexity index is 466. The lowest BCUT2D eigenvalue weighted by Crippen LogP contribution is -2.44. The van der Waals surface area contributed by atoms with Gasteiger partial charge >= 0.3 is 0 Å². The number of aliphatic hydroxyl groups is 1. The first-order chi connectivity index (χ1) is 8.89. The zero-order valence-electron chi connectivity index (χ0n) is 11.9. The van der Waals surface area contributed by atoms with Crippen molar-refractivity contribution in [3.63, 3.8) is 0 Å². The molecule has 0 aromatic heterocycles.